The quantitative estimate of drug-likeness (QED) is 0.449. The van der Waals surface area contributed by atoms with Crippen LogP contribution in [0.15, 0.2) is 52.3 Å². The molecule has 0 saturated carbocycles. The van der Waals surface area contributed by atoms with Crippen molar-refractivity contribution in [3.8, 4) is 5.75 Å². The maximum Gasteiger partial charge on any atom is 0.343 e. The summed E-state index contributed by atoms with van der Waals surface area (Å²) in [5.41, 5.74) is 0. The van der Waals surface area contributed by atoms with Gasteiger partial charge in [0, 0.05) is 24.2 Å². The average molecular weight is 431 g/mol. The first-order valence-corrected chi connectivity index (χ1v) is 10.5. The maximum atomic E-state index is 14.0. The second-order valence-corrected chi connectivity index (χ2v) is 8.78. The van der Waals surface area contributed by atoms with E-state index < -0.39 is 40.0 Å². The van der Waals surface area contributed by atoms with E-state index in [-0.39, 0.29) is 22.1 Å². The third kappa shape index (κ3) is 5.66. The lowest BCUT2D eigenvalue weighted by molar-refractivity contribution is -0.143. The minimum absolute atomic E-state index is 0.145. The van der Waals surface area contributed by atoms with E-state index in [0.29, 0.717) is 0 Å². The van der Waals surface area contributed by atoms with Crippen LogP contribution in [0.25, 0.3) is 0 Å². The van der Waals surface area contributed by atoms with E-state index in [0.717, 1.165) is 31.0 Å². The zero-order chi connectivity index (χ0) is 20.7. The van der Waals surface area contributed by atoms with E-state index in [1.807, 2.05) is 0 Å². The van der Waals surface area contributed by atoms with E-state index in [2.05, 4.69) is 4.74 Å². The smallest absolute Gasteiger partial charge is 0.343 e. The van der Waals surface area contributed by atoms with Gasteiger partial charge >= 0.3 is 5.97 Å². The van der Waals surface area contributed by atoms with E-state index >= 15 is 0 Å². The highest BCUT2D eigenvalue weighted by Gasteiger charge is 2.20. The molecule has 0 bridgehead atoms. The summed E-state index contributed by atoms with van der Waals surface area (Å²) < 4.78 is 63.2. The lowest BCUT2D eigenvalue weighted by Gasteiger charge is -2.17. The number of ether oxygens (including phenoxy) is 2. The van der Waals surface area contributed by atoms with Crippen LogP contribution < -0.4 is 4.74 Å². The predicted molar refractivity (Wildman–Crippen MR) is 101 cm³/mol. The number of rotatable bonds is 9. The van der Waals surface area contributed by atoms with Crippen LogP contribution in [0.2, 0.25) is 0 Å². The summed E-state index contributed by atoms with van der Waals surface area (Å²) in [6.07, 6.45) is 0. The summed E-state index contributed by atoms with van der Waals surface area (Å²) in [6, 6.07) is 10.1. The standard InChI is InChI=1S/C18H19F2NO5S2/c1-21(28(23,24)14-6-4-3-5-7-14)8-9-27-13-10-15(19)18(16(20)11-13)26-12-17(22)25-2/h3-7,10-11H,8-9,12H2,1-2H3. The van der Waals surface area contributed by atoms with Crippen molar-refractivity contribution < 1.29 is 31.5 Å². The molecule has 2 aromatic rings. The number of carbonyl (C=O) groups excluding carboxylic acids is 1. The topological polar surface area (TPSA) is 72.9 Å². The number of nitrogens with zero attached hydrogens (tertiary/aromatic N) is 1. The van der Waals surface area contributed by atoms with Crippen molar-refractivity contribution in [2.45, 2.75) is 9.79 Å². The molecule has 0 atom stereocenters. The average Bonchev–Trinajstić information content (AvgIpc) is 2.67. The number of carbonyl (C=O) groups is 1. The highest BCUT2D eigenvalue weighted by Crippen LogP contribution is 2.28. The van der Waals surface area contributed by atoms with Gasteiger partial charge in [-0.15, -0.1) is 11.8 Å². The molecule has 28 heavy (non-hydrogen) atoms. The molecule has 0 aliphatic heterocycles. The Bertz CT molecular complexity index is 900. The van der Waals surface area contributed by atoms with Crippen molar-refractivity contribution in [1.29, 1.82) is 0 Å². The van der Waals surface area contributed by atoms with Crippen molar-refractivity contribution in [3.63, 3.8) is 0 Å². The molecule has 10 heteroatoms. The minimum atomic E-state index is -3.63. The minimum Gasteiger partial charge on any atom is -0.476 e. The lowest BCUT2D eigenvalue weighted by atomic mass is 10.3. The molecule has 2 aromatic carbocycles. The van der Waals surface area contributed by atoms with Crippen LogP contribution in [0, 0.1) is 11.6 Å². The van der Waals surface area contributed by atoms with E-state index in [1.165, 1.54) is 23.5 Å². The Hall–Kier alpha value is -2.17. The first kappa shape index (κ1) is 22.1. The summed E-state index contributed by atoms with van der Waals surface area (Å²) in [5, 5.41) is 0. The number of methoxy groups -OCH3 is 1. The molecular formula is C18H19F2NO5S2. The van der Waals surface area contributed by atoms with Gasteiger partial charge in [0.1, 0.15) is 0 Å². The largest absolute Gasteiger partial charge is 0.476 e. The zero-order valence-corrected chi connectivity index (χ0v) is 16.9. The highest BCUT2D eigenvalue weighted by molar-refractivity contribution is 7.99. The first-order valence-electron chi connectivity index (χ1n) is 8.08. The number of benzene rings is 2. The van der Waals surface area contributed by atoms with Crippen LogP contribution in [-0.2, 0) is 19.6 Å². The number of thioether (sulfide) groups is 1. The van der Waals surface area contributed by atoms with Crippen LogP contribution in [-0.4, -0.2) is 51.8 Å². The van der Waals surface area contributed by atoms with E-state index in [9.17, 15) is 22.0 Å². The number of halogens is 2. The fourth-order valence-electron chi connectivity index (χ4n) is 2.13. The van der Waals surface area contributed by atoms with Gasteiger partial charge < -0.3 is 9.47 Å². The summed E-state index contributed by atoms with van der Waals surface area (Å²) in [6.45, 7) is -0.468. The Morgan fingerprint density at radius 3 is 2.32 bits per heavy atom. The van der Waals surface area contributed by atoms with Crippen LogP contribution in [0.1, 0.15) is 0 Å². The normalized spacial score (nSPS) is 11.5. The first-order chi connectivity index (χ1) is 13.3. The fraction of sp³-hybridized carbons (Fsp3) is 0.278. The summed E-state index contributed by atoms with van der Waals surface area (Å²) in [5.74, 6) is -3.07. The molecule has 0 unspecified atom stereocenters. The number of esters is 1. The van der Waals surface area contributed by atoms with Crippen molar-refractivity contribution in [1.82, 2.24) is 4.31 Å². The summed E-state index contributed by atoms with van der Waals surface area (Å²) in [4.78, 5) is 11.5. The van der Waals surface area contributed by atoms with Gasteiger partial charge in [-0.25, -0.2) is 26.3 Å². The zero-order valence-electron chi connectivity index (χ0n) is 15.2. The molecule has 0 radical (unpaired) electrons. The number of hydrogen-bond acceptors (Lipinski definition) is 6. The van der Waals surface area contributed by atoms with Gasteiger partial charge in [-0.05, 0) is 24.3 Å². The maximum absolute atomic E-state index is 14.0. The Morgan fingerprint density at radius 2 is 1.75 bits per heavy atom. The summed E-state index contributed by atoms with van der Waals surface area (Å²) >= 11 is 1.09. The van der Waals surface area contributed by atoms with Crippen molar-refractivity contribution in [3.05, 3.63) is 54.1 Å². The molecule has 0 N–H and O–H groups in total. The molecular weight excluding hydrogens is 412 g/mol. The molecule has 0 spiro atoms. The SMILES string of the molecule is COC(=O)COc1c(F)cc(SCCN(C)S(=O)(=O)c2ccccc2)cc1F. The number of hydrogen-bond donors (Lipinski definition) is 0. The molecule has 0 aliphatic rings. The van der Waals surface area contributed by atoms with Crippen LogP contribution >= 0.6 is 11.8 Å². The Kier molecular flexibility index (Phi) is 7.78. The molecule has 0 saturated heterocycles. The molecule has 6 nitrogen and oxygen atoms in total. The van der Waals surface area contributed by atoms with Gasteiger partial charge in [0.2, 0.25) is 10.0 Å². The van der Waals surface area contributed by atoms with Crippen LogP contribution in [0.5, 0.6) is 5.75 Å². The van der Waals surface area contributed by atoms with Crippen molar-refractivity contribution in [2.75, 3.05) is 33.1 Å². The van der Waals surface area contributed by atoms with Crippen LogP contribution in [0.4, 0.5) is 8.78 Å². The van der Waals surface area contributed by atoms with Gasteiger partial charge in [-0.1, -0.05) is 18.2 Å². The second-order valence-electron chi connectivity index (χ2n) is 5.57. The lowest BCUT2D eigenvalue weighted by Crippen LogP contribution is -2.29. The molecule has 0 heterocycles. The van der Waals surface area contributed by atoms with Crippen LogP contribution in [0.3, 0.4) is 0 Å². The van der Waals surface area contributed by atoms with Gasteiger partial charge in [0.25, 0.3) is 0 Å². The number of sulfonamides is 1. The molecule has 0 aromatic heterocycles. The Labute approximate surface area is 166 Å². The van der Waals surface area contributed by atoms with Crippen molar-refractivity contribution in [2.24, 2.45) is 0 Å². The highest BCUT2D eigenvalue weighted by atomic mass is 32.2. The molecule has 0 amide bonds. The molecule has 2 rings (SSSR count). The van der Waals surface area contributed by atoms with Crippen molar-refractivity contribution >= 4 is 27.8 Å². The van der Waals surface area contributed by atoms with Gasteiger partial charge in [-0.2, -0.15) is 0 Å². The Balaban J connectivity index is 1.96. The van der Waals surface area contributed by atoms with Gasteiger partial charge in [0.05, 0.1) is 12.0 Å². The molecule has 0 fully saturated rings. The molecule has 0 aliphatic carbocycles. The third-order valence-electron chi connectivity index (χ3n) is 3.66. The molecule has 152 valence electrons. The van der Waals surface area contributed by atoms with Gasteiger partial charge in [-0.3, -0.25) is 0 Å². The van der Waals surface area contributed by atoms with E-state index in [4.69, 9.17) is 4.74 Å². The third-order valence-corrected chi connectivity index (χ3v) is 6.49. The fourth-order valence-corrected chi connectivity index (χ4v) is 4.42. The van der Waals surface area contributed by atoms with E-state index in [1.54, 1.807) is 18.2 Å². The Morgan fingerprint density at radius 1 is 1.14 bits per heavy atom. The summed E-state index contributed by atoms with van der Waals surface area (Å²) in [7, 11) is -1.06. The second kappa shape index (κ2) is 9.85. The monoisotopic (exact) mass is 431 g/mol. The predicted octanol–water partition coefficient (Wildman–Crippen LogP) is 2.93. The van der Waals surface area contributed by atoms with Gasteiger partial charge in [0.15, 0.2) is 24.0 Å².